The van der Waals surface area contributed by atoms with Gasteiger partial charge in [0.2, 0.25) is 0 Å². The van der Waals surface area contributed by atoms with Gasteiger partial charge in [-0.3, -0.25) is 0 Å². The van der Waals surface area contributed by atoms with Crippen LogP contribution in [0.1, 0.15) is 0 Å². The molecule has 0 saturated heterocycles. The van der Waals surface area contributed by atoms with Gasteiger partial charge in [-0.25, -0.2) is 0 Å². The van der Waals surface area contributed by atoms with Crippen molar-refractivity contribution in [2.45, 2.75) is 5.03 Å². The number of H-pyrrole nitrogens is 1. The lowest BCUT2D eigenvalue weighted by molar-refractivity contribution is 0.454. The van der Waals surface area contributed by atoms with Crippen LogP contribution in [0, 0.1) is 0 Å². The van der Waals surface area contributed by atoms with Crippen LogP contribution in [0.25, 0.3) is 0 Å². The van der Waals surface area contributed by atoms with E-state index in [9.17, 15) is 0 Å². The summed E-state index contributed by atoms with van der Waals surface area (Å²) in [5.41, 5.74) is 0. The van der Waals surface area contributed by atoms with E-state index < -0.39 is 0 Å². The number of aromatic hydroxyl groups is 1. The van der Waals surface area contributed by atoms with Crippen molar-refractivity contribution in [3.8, 4) is 5.88 Å². The first-order valence-electron chi connectivity index (χ1n) is 1.86. The largest absolute Gasteiger partial charge is 0.495 e. The quantitative estimate of drug-likeness (QED) is 0.433. The Morgan fingerprint density at radius 3 is 2.43 bits per heavy atom. The SMILES string of the molecule is Oc1ccc(S)[nH]1. The molecule has 0 aromatic carbocycles. The Morgan fingerprint density at radius 2 is 2.29 bits per heavy atom. The van der Waals surface area contributed by atoms with Gasteiger partial charge >= 0.3 is 0 Å². The van der Waals surface area contributed by atoms with Crippen molar-refractivity contribution >= 4 is 12.6 Å². The van der Waals surface area contributed by atoms with Crippen LogP contribution in [0.5, 0.6) is 5.88 Å². The summed E-state index contributed by atoms with van der Waals surface area (Å²) < 4.78 is 0. The van der Waals surface area contributed by atoms with E-state index in [1.807, 2.05) is 0 Å². The molecule has 1 heterocycles. The predicted molar refractivity (Wildman–Crippen MR) is 29.7 cm³/mol. The third kappa shape index (κ3) is 0.899. The molecule has 0 unspecified atom stereocenters. The van der Waals surface area contributed by atoms with Crippen molar-refractivity contribution in [1.29, 1.82) is 0 Å². The molecule has 0 spiro atoms. The Labute approximate surface area is 46.6 Å². The monoisotopic (exact) mass is 115 g/mol. The molecule has 2 N–H and O–H groups in total. The van der Waals surface area contributed by atoms with Crippen LogP contribution in [0.3, 0.4) is 0 Å². The summed E-state index contributed by atoms with van der Waals surface area (Å²) in [4.78, 5) is 2.56. The molecule has 0 fully saturated rings. The smallest absolute Gasteiger partial charge is 0.189 e. The van der Waals surface area contributed by atoms with Crippen LogP contribution >= 0.6 is 12.6 Å². The highest BCUT2D eigenvalue weighted by Crippen LogP contribution is 2.09. The molecule has 0 aliphatic heterocycles. The Kier molecular flexibility index (Phi) is 0.982. The van der Waals surface area contributed by atoms with Gasteiger partial charge in [0.1, 0.15) is 0 Å². The predicted octanol–water partition coefficient (Wildman–Crippen LogP) is 1.01. The van der Waals surface area contributed by atoms with Crippen LogP contribution in [-0.2, 0) is 0 Å². The molecule has 7 heavy (non-hydrogen) atoms. The highest BCUT2D eigenvalue weighted by molar-refractivity contribution is 7.80. The number of rotatable bonds is 0. The van der Waals surface area contributed by atoms with Gasteiger partial charge in [0.15, 0.2) is 5.88 Å². The van der Waals surface area contributed by atoms with E-state index in [1.165, 1.54) is 0 Å². The van der Waals surface area contributed by atoms with Crippen molar-refractivity contribution in [3.63, 3.8) is 0 Å². The van der Waals surface area contributed by atoms with E-state index in [1.54, 1.807) is 12.1 Å². The van der Waals surface area contributed by atoms with Gasteiger partial charge < -0.3 is 10.1 Å². The fraction of sp³-hybridized carbons (Fsp3) is 0. The third-order valence-corrected chi connectivity index (χ3v) is 0.916. The zero-order valence-electron chi connectivity index (χ0n) is 3.55. The molecule has 3 heteroatoms. The molecule has 0 aliphatic carbocycles. The molecule has 1 rings (SSSR count). The fourth-order valence-electron chi connectivity index (χ4n) is 0.372. The zero-order valence-corrected chi connectivity index (χ0v) is 4.44. The molecule has 0 radical (unpaired) electrons. The van der Waals surface area contributed by atoms with Crippen LogP contribution in [-0.4, -0.2) is 10.1 Å². The van der Waals surface area contributed by atoms with E-state index in [0.717, 1.165) is 0 Å². The fourth-order valence-corrected chi connectivity index (χ4v) is 0.562. The molecule has 0 saturated carbocycles. The third-order valence-electron chi connectivity index (χ3n) is 0.655. The van der Waals surface area contributed by atoms with Gasteiger partial charge in [0, 0.05) is 6.07 Å². The topological polar surface area (TPSA) is 36.0 Å². The Bertz CT molecular complexity index is 144. The second kappa shape index (κ2) is 1.50. The highest BCUT2D eigenvalue weighted by atomic mass is 32.1. The number of aromatic amines is 1. The molecule has 0 aliphatic rings. The average molecular weight is 115 g/mol. The van der Waals surface area contributed by atoms with Gasteiger partial charge in [0.05, 0.1) is 5.03 Å². The molecular weight excluding hydrogens is 110 g/mol. The summed E-state index contributed by atoms with van der Waals surface area (Å²) in [6.45, 7) is 0. The molecule has 2 nitrogen and oxygen atoms in total. The standard InChI is InChI=1S/C4H5NOS/c6-3-1-2-4(7)5-3/h1-2,5-7H. The van der Waals surface area contributed by atoms with Crippen LogP contribution in [0.2, 0.25) is 0 Å². The average Bonchev–Trinajstić information content (AvgIpc) is 1.87. The van der Waals surface area contributed by atoms with Gasteiger partial charge in [-0.05, 0) is 6.07 Å². The molecule has 1 aromatic heterocycles. The first-order chi connectivity index (χ1) is 3.29. The Morgan fingerprint density at radius 1 is 1.57 bits per heavy atom. The normalized spacial score (nSPS) is 9.29. The second-order valence-corrected chi connectivity index (χ2v) is 1.71. The van der Waals surface area contributed by atoms with Gasteiger partial charge in [0.25, 0.3) is 0 Å². The minimum atomic E-state index is 0.157. The number of hydrogen-bond acceptors (Lipinski definition) is 2. The van der Waals surface area contributed by atoms with Crippen LogP contribution in [0.15, 0.2) is 17.2 Å². The summed E-state index contributed by atoms with van der Waals surface area (Å²) in [7, 11) is 0. The molecule has 0 atom stereocenters. The minimum absolute atomic E-state index is 0.157. The summed E-state index contributed by atoms with van der Waals surface area (Å²) in [5.74, 6) is 0.157. The second-order valence-electron chi connectivity index (χ2n) is 1.23. The van der Waals surface area contributed by atoms with Crippen molar-refractivity contribution in [1.82, 2.24) is 4.98 Å². The first-order valence-corrected chi connectivity index (χ1v) is 2.31. The maximum Gasteiger partial charge on any atom is 0.189 e. The van der Waals surface area contributed by atoms with Crippen LogP contribution in [0.4, 0.5) is 0 Å². The van der Waals surface area contributed by atoms with E-state index in [0.29, 0.717) is 5.03 Å². The minimum Gasteiger partial charge on any atom is -0.495 e. The maximum absolute atomic E-state index is 8.55. The van der Waals surface area contributed by atoms with Crippen molar-refractivity contribution in [2.24, 2.45) is 0 Å². The van der Waals surface area contributed by atoms with E-state index in [4.69, 9.17) is 5.11 Å². The van der Waals surface area contributed by atoms with Crippen molar-refractivity contribution < 1.29 is 5.11 Å². The van der Waals surface area contributed by atoms with Crippen LogP contribution < -0.4 is 0 Å². The highest BCUT2D eigenvalue weighted by Gasteiger charge is 1.85. The molecule has 1 aromatic rings. The van der Waals surface area contributed by atoms with Gasteiger partial charge in [-0.1, -0.05) is 0 Å². The first kappa shape index (κ1) is 4.59. The van der Waals surface area contributed by atoms with E-state index in [-0.39, 0.29) is 5.88 Å². The number of thiol groups is 1. The lowest BCUT2D eigenvalue weighted by Crippen LogP contribution is -1.57. The zero-order chi connectivity index (χ0) is 5.28. The molecule has 0 amide bonds. The number of hydrogen-bond donors (Lipinski definition) is 3. The summed E-state index contributed by atoms with van der Waals surface area (Å²) >= 11 is 3.89. The van der Waals surface area contributed by atoms with Crippen molar-refractivity contribution in [3.05, 3.63) is 12.1 Å². The number of aromatic nitrogens is 1. The van der Waals surface area contributed by atoms with E-state index >= 15 is 0 Å². The lowest BCUT2D eigenvalue weighted by Gasteiger charge is -1.76. The maximum atomic E-state index is 8.55. The molecular formula is C4H5NOS. The van der Waals surface area contributed by atoms with E-state index in [2.05, 4.69) is 17.6 Å². The Hall–Kier alpha value is -0.570. The van der Waals surface area contributed by atoms with Gasteiger partial charge in [-0.15, -0.1) is 12.6 Å². The van der Waals surface area contributed by atoms with Crippen molar-refractivity contribution in [2.75, 3.05) is 0 Å². The molecule has 0 bridgehead atoms. The lowest BCUT2D eigenvalue weighted by atomic mass is 10.7. The Balaban J connectivity index is 3.04. The molecule has 38 valence electrons. The number of nitrogens with one attached hydrogen (secondary N) is 1. The summed E-state index contributed by atoms with van der Waals surface area (Å²) in [6.07, 6.45) is 0. The summed E-state index contributed by atoms with van der Waals surface area (Å²) in [5, 5.41) is 9.23. The summed E-state index contributed by atoms with van der Waals surface area (Å²) in [6, 6.07) is 3.22. The van der Waals surface area contributed by atoms with Gasteiger partial charge in [-0.2, -0.15) is 0 Å².